The molecule has 2 fully saturated rings. The van der Waals surface area contributed by atoms with E-state index in [1.807, 2.05) is 19.1 Å². The predicted octanol–water partition coefficient (Wildman–Crippen LogP) is 2.47. The van der Waals surface area contributed by atoms with Crippen molar-refractivity contribution in [2.45, 2.75) is 31.9 Å². The van der Waals surface area contributed by atoms with Crippen molar-refractivity contribution in [2.24, 2.45) is 5.92 Å². The summed E-state index contributed by atoms with van der Waals surface area (Å²) in [5.41, 5.74) is 0.0708. The summed E-state index contributed by atoms with van der Waals surface area (Å²) in [5.74, 6) is 3.25. The Hall–Kier alpha value is -1.92. The summed E-state index contributed by atoms with van der Waals surface area (Å²) in [5, 5.41) is 3.30. The molecule has 4 heterocycles. The van der Waals surface area contributed by atoms with Crippen LogP contribution in [0.3, 0.4) is 0 Å². The number of nitrogens with one attached hydrogen (secondary N) is 1. The van der Waals surface area contributed by atoms with E-state index in [4.69, 9.17) is 9.15 Å². The lowest BCUT2D eigenvalue weighted by Gasteiger charge is -2.52. The van der Waals surface area contributed by atoms with E-state index < -0.39 is 0 Å². The van der Waals surface area contributed by atoms with Crippen LogP contribution < -0.4 is 5.32 Å². The summed E-state index contributed by atoms with van der Waals surface area (Å²) >= 11 is 0. The van der Waals surface area contributed by atoms with Crippen molar-refractivity contribution in [3.8, 4) is 0 Å². The fourth-order valence-electron chi connectivity index (χ4n) is 3.62. The lowest BCUT2D eigenvalue weighted by molar-refractivity contribution is -0.181. The van der Waals surface area contributed by atoms with E-state index in [0.29, 0.717) is 11.9 Å². The largest absolute Gasteiger partial charge is 0.465 e. The first-order valence-corrected chi connectivity index (χ1v) is 8.63. The van der Waals surface area contributed by atoms with Crippen LogP contribution in [0.4, 0.5) is 5.95 Å². The number of furan rings is 1. The summed E-state index contributed by atoms with van der Waals surface area (Å²) < 4.78 is 11.9. The second-order valence-electron chi connectivity index (χ2n) is 7.01. The molecule has 0 aliphatic carbocycles. The first-order valence-electron chi connectivity index (χ1n) is 8.63. The monoisotopic (exact) mass is 328 g/mol. The van der Waals surface area contributed by atoms with Crippen LogP contribution in [-0.4, -0.2) is 46.7 Å². The lowest BCUT2D eigenvalue weighted by Crippen LogP contribution is -2.64. The molecular formula is C18H24N4O2. The second-order valence-corrected chi connectivity index (χ2v) is 7.01. The SMILES string of the molecule is Cc1ccc(CN2CC3(CC[C@@H](CNc4ncccn4)CO3)C2)o1. The van der Waals surface area contributed by atoms with E-state index in [-0.39, 0.29) is 5.60 Å². The molecule has 0 unspecified atom stereocenters. The van der Waals surface area contributed by atoms with Gasteiger partial charge >= 0.3 is 0 Å². The molecule has 2 aliphatic heterocycles. The molecule has 1 atom stereocenters. The predicted molar refractivity (Wildman–Crippen MR) is 90.7 cm³/mol. The molecular weight excluding hydrogens is 304 g/mol. The Bertz CT molecular complexity index is 657. The molecule has 0 amide bonds. The number of aromatic nitrogens is 2. The molecule has 6 heteroatoms. The number of ether oxygens (including phenoxy) is 1. The van der Waals surface area contributed by atoms with E-state index in [9.17, 15) is 0 Å². The van der Waals surface area contributed by atoms with Gasteiger partial charge in [0.05, 0.1) is 18.8 Å². The van der Waals surface area contributed by atoms with Crippen LogP contribution in [0.2, 0.25) is 0 Å². The molecule has 4 rings (SSSR count). The molecule has 0 aromatic carbocycles. The van der Waals surface area contributed by atoms with E-state index in [1.165, 1.54) is 6.42 Å². The van der Waals surface area contributed by atoms with Crippen LogP contribution in [0.15, 0.2) is 35.0 Å². The van der Waals surface area contributed by atoms with Gasteiger partial charge in [0.1, 0.15) is 11.5 Å². The molecule has 2 aromatic rings. The van der Waals surface area contributed by atoms with E-state index in [1.54, 1.807) is 12.4 Å². The van der Waals surface area contributed by atoms with Crippen LogP contribution in [0, 0.1) is 12.8 Å². The zero-order valence-electron chi connectivity index (χ0n) is 14.1. The first kappa shape index (κ1) is 15.6. The zero-order chi connectivity index (χ0) is 16.4. The summed E-state index contributed by atoms with van der Waals surface area (Å²) in [7, 11) is 0. The molecule has 6 nitrogen and oxygen atoms in total. The van der Waals surface area contributed by atoms with E-state index in [0.717, 1.165) is 50.7 Å². The van der Waals surface area contributed by atoms with Gasteiger partial charge in [-0.3, -0.25) is 4.90 Å². The van der Waals surface area contributed by atoms with Crippen molar-refractivity contribution in [3.63, 3.8) is 0 Å². The molecule has 0 radical (unpaired) electrons. The number of hydrogen-bond donors (Lipinski definition) is 1. The summed E-state index contributed by atoms with van der Waals surface area (Å²) in [4.78, 5) is 10.8. The third-order valence-corrected chi connectivity index (χ3v) is 4.95. The number of likely N-dealkylation sites (tertiary alicyclic amines) is 1. The van der Waals surface area contributed by atoms with Gasteiger partial charge in [-0.2, -0.15) is 0 Å². The van der Waals surface area contributed by atoms with Crippen molar-refractivity contribution in [1.29, 1.82) is 0 Å². The van der Waals surface area contributed by atoms with Crippen molar-refractivity contribution >= 4 is 5.95 Å². The molecule has 2 aliphatic rings. The summed E-state index contributed by atoms with van der Waals surface area (Å²) in [6.45, 7) is 6.57. The number of nitrogens with zero attached hydrogens (tertiary/aromatic N) is 3. The Balaban J connectivity index is 1.20. The summed E-state index contributed by atoms with van der Waals surface area (Å²) in [6, 6.07) is 5.91. The van der Waals surface area contributed by atoms with Crippen LogP contribution in [0.1, 0.15) is 24.4 Å². The fraction of sp³-hybridized carbons (Fsp3) is 0.556. The second kappa shape index (κ2) is 6.53. The van der Waals surface area contributed by atoms with Crippen LogP contribution >= 0.6 is 0 Å². The minimum absolute atomic E-state index is 0.0708. The molecule has 2 aromatic heterocycles. The van der Waals surface area contributed by atoms with Gasteiger partial charge in [0.25, 0.3) is 0 Å². The Morgan fingerprint density at radius 3 is 2.79 bits per heavy atom. The van der Waals surface area contributed by atoms with E-state index >= 15 is 0 Å². The minimum Gasteiger partial charge on any atom is -0.465 e. The summed E-state index contributed by atoms with van der Waals surface area (Å²) in [6.07, 6.45) is 5.83. The Morgan fingerprint density at radius 1 is 1.29 bits per heavy atom. The number of rotatable bonds is 5. The molecule has 1 spiro atoms. The number of aryl methyl sites for hydroxylation is 1. The number of anilines is 1. The Kier molecular flexibility index (Phi) is 4.24. The van der Waals surface area contributed by atoms with Gasteiger partial charge in [0.15, 0.2) is 0 Å². The third kappa shape index (κ3) is 3.44. The van der Waals surface area contributed by atoms with Gasteiger partial charge < -0.3 is 14.5 Å². The first-order chi connectivity index (χ1) is 11.7. The van der Waals surface area contributed by atoms with Crippen molar-refractivity contribution in [1.82, 2.24) is 14.9 Å². The van der Waals surface area contributed by atoms with Gasteiger partial charge in [0, 0.05) is 32.0 Å². The van der Waals surface area contributed by atoms with Gasteiger partial charge in [-0.15, -0.1) is 0 Å². The van der Waals surface area contributed by atoms with Gasteiger partial charge in [-0.05, 0) is 43.9 Å². The topological polar surface area (TPSA) is 63.4 Å². The maximum atomic E-state index is 6.22. The average molecular weight is 328 g/mol. The van der Waals surface area contributed by atoms with Crippen molar-refractivity contribution in [2.75, 3.05) is 31.6 Å². The molecule has 0 bridgehead atoms. The van der Waals surface area contributed by atoms with Crippen LogP contribution in [-0.2, 0) is 11.3 Å². The normalized spacial score (nSPS) is 23.1. The maximum Gasteiger partial charge on any atom is 0.222 e. The van der Waals surface area contributed by atoms with Crippen LogP contribution in [0.5, 0.6) is 0 Å². The highest BCUT2D eigenvalue weighted by Crippen LogP contribution is 2.36. The van der Waals surface area contributed by atoms with E-state index in [2.05, 4.69) is 26.3 Å². The van der Waals surface area contributed by atoms with Gasteiger partial charge in [-0.1, -0.05) is 0 Å². The van der Waals surface area contributed by atoms with Crippen LogP contribution in [0.25, 0.3) is 0 Å². The molecule has 2 saturated heterocycles. The lowest BCUT2D eigenvalue weighted by atomic mass is 9.83. The number of hydrogen-bond acceptors (Lipinski definition) is 6. The molecule has 1 N–H and O–H groups in total. The average Bonchev–Trinajstić information content (AvgIpc) is 2.99. The fourth-order valence-corrected chi connectivity index (χ4v) is 3.62. The maximum absolute atomic E-state index is 6.22. The molecule has 24 heavy (non-hydrogen) atoms. The molecule has 128 valence electrons. The third-order valence-electron chi connectivity index (χ3n) is 4.95. The Labute approximate surface area is 142 Å². The standard InChI is InChI=1S/C18H24N4O2/c1-14-3-4-16(24-14)10-22-12-18(13-22)6-5-15(11-23-18)9-21-17-19-7-2-8-20-17/h2-4,7-8,15H,5-6,9-13H2,1H3,(H,19,20,21)/t15-/m0/s1. The highest BCUT2D eigenvalue weighted by atomic mass is 16.5. The van der Waals surface area contributed by atoms with Gasteiger partial charge in [0.2, 0.25) is 5.95 Å². The van der Waals surface area contributed by atoms with Crippen molar-refractivity contribution < 1.29 is 9.15 Å². The zero-order valence-corrected chi connectivity index (χ0v) is 14.1. The van der Waals surface area contributed by atoms with Gasteiger partial charge in [-0.25, -0.2) is 9.97 Å². The highest BCUT2D eigenvalue weighted by Gasteiger charge is 2.46. The highest BCUT2D eigenvalue weighted by molar-refractivity contribution is 5.22. The quantitative estimate of drug-likeness (QED) is 0.910. The Morgan fingerprint density at radius 2 is 2.12 bits per heavy atom. The molecule has 0 saturated carbocycles. The minimum atomic E-state index is 0.0708. The van der Waals surface area contributed by atoms with Crippen molar-refractivity contribution in [3.05, 3.63) is 42.1 Å². The smallest absolute Gasteiger partial charge is 0.222 e.